The number of hydrogen-bond acceptors (Lipinski definition) is 6. The van der Waals surface area contributed by atoms with Crippen molar-refractivity contribution in [2.24, 2.45) is 0 Å². The number of carbonyl (C=O) groups is 1. The Hall–Kier alpha value is -1.84. The van der Waals surface area contributed by atoms with Crippen LogP contribution in [0.5, 0.6) is 5.75 Å². The van der Waals surface area contributed by atoms with Crippen LogP contribution in [-0.4, -0.2) is 38.7 Å². The van der Waals surface area contributed by atoms with Gasteiger partial charge in [0.1, 0.15) is 5.75 Å². The van der Waals surface area contributed by atoms with Gasteiger partial charge in [-0.3, -0.25) is 9.52 Å². The van der Waals surface area contributed by atoms with Crippen LogP contribution >= 0.6 is 23.5 Å². The second-order valence-electron chi connectivity index (χ2n) is 6.59. The predicted octanol–water partition coefficient (Wildman–Crippen LogP) is 3.62. The zero-order valence-corrected chi connectivity index (χ0v) is 18.5. The van der Waals surface area contributed by atoms with E-state index in [1.54, 1.807) is 24.3 Å². The number of hydrogen-bond donors (Lipinski definition) is 2. The van der Waals surface area contributed by atoms with Gasteiger partial charge in [0.05, 0.1) is 16.5 Å². The quantitative estimate of drug-likeness (QED) is 0.636. The molecule has 0 bridgehead atoms. The normalized spacial score (nSPS) is 14.9. The molecule has 1 aliphatic rings. The highest BCUT2D eigenvalue weighted by Crippen LogP contribution is 2.43. The van der Waals surface area contributed by atoms with Crippen LogP contribution in [0.15, 0.2) is 48.5 Å². The first-order valence-electron chi connectivity index (χ1n) is 9.19. The van der Waals surface area contributed by atoms with Crippen molar-refractivity contribution < 1.29 is 17.9 Å². The number of carbonyl (C=O) groups excluding carboxylic acids is 1. The van der Waals surface area contributed by atoms with Gasteiger partial charge in [0.15, 0.2) is 6.61 Å². The van der Waals surface area contributed by atoms with Gasteiger partial charge in [-0.05, 0) is 47.3 Å². The summed E-state index contributed by atoms with van der Waals surface area (Å²) in [6.45, 7) is 0.101. The van der Waals surface area contributed by atoms with E-state index in [0.717, 1.165) is 6.26 Å². The fourth-order valence-electron chi connectivity index (χ4n) is 2.77. The van der Waals surface area contributed by atoms with E-state index in [-0.39, 0.29) is 19.1 Å². The molecule has 1 heterocycles. The van der Waals surface area contributed by atoms with Crippen molar-refractivity contribution in [2.75, 3.05) is 29.1 Å². The summed E-state index contributed by atoms with van der Waals surface area (Å²) in [6, 6.07) is 14.8. The summed E-state index contributed by atoms with van der Waals surface area (Å²) in [5.41, 5.74) is 2.40. The van der Waals surface area contributed by atoms with Gasteiger partial charge in [0, 0.05) is 6.54 Å². The smallest absolute Gasteiger partial charge is 0.258 e. The summed E-state index contributed by atoms with van der Waals surface area (Å²) >= 11 is 3.93. The highest BCUT2D eigenvalue weighted by Gasteiger charge is 2.16. The number of anilines is 1. The monoisotopic (exact) mass is 452 g/mol. The van der Waals surface area contributed by atoms with Crippen molar-refractivity contribution in [3.63, 3.8) is 0 Å². The lowest BCUT2D eigenvalue weighted by molar-refractivity contribution is -0.123. The van der Waals surface area contributed by atoms with Gasteiger partial charge in [-0.2, -0.15) is 0 Å². The van der Waals surface area contributed by atoms with E-state index in [4.69, 9.17) is 4.74 Å². The van der Waals surface area contributed by atoms with Crippen LogP contribution in [0.1, 0.15) is 22.1 Å². The van der Waals surface area contributed by atoms with Gasteiger partial charge in [0.2, 0.25) is 10.0 Å². The van der Waals surface area contributed by atoms with Crippen molar-refractivity contribution in [1.82, 2.24) is 5.32 Å². The molecule has 2 aromatic rings. The van der Waals surface area contributed by atoms with Crippen molar-refractivity contribution in [3.05, 3.63) is 59.7 Å². The Kier molecular flexibility index (Phi) is 7.74. The molecule has 1 amide bonds. The molecule has 9 heteroatoms. The average molecular weight is 453 g/mol. The Morgan fingerprint density at radius 2 is 1.79 bits per heavy atom. The lowest BCUT2D eigenvalue weighted by Gasteiger charge is -2.21. The van der Waals surface area contributed by atoms with Gasteiger partial charge in [0.25, 0.3) is 5.91 Å². The summed E-state index contributed by atoms with van der Waals surface area (Å²) < 4.78 is 31.4. The van der Waals surface area contributed by atoms with Gasteiger partial charge in [-0.15, -0.1) is 23.5 Å². The number of para-hydroxylation sites is 1. The van der Waals surface area contributed by atoms with E-state index < -0.39 is 10.0 Å². The molecular weight excluding hydrogens is 428 g/mol. The second-order valence-corrected chi connectivity index (χ2v) is 11.1. The Balaban J connectivity index is 1.48. The number of rotatable bonds is 8. The van der Waals surface area contributed by atoms with Crippen LogP contribution in [0.4, 0.5) is 5.69 Å². The summed E-state index contributed by atoms with van der Waals surface area (Å²) in [4.78, 5) is 12.1. The molecule has 0 atom stereocenters. The molecule has 1 aliphatic heterocycles. The zero-order chi connectivity index (χ0) is 20.7. The molecule has 156 valence electrons. The molecule has 1 saturated heterocycles. The molecule has 2 N–H and O–H groups in total. The maximum Gasteiger partial charge on any atom is 0.258 e. The summed E-state index contributed by atoms with van der Waals surface area (Å²) in [5, 5.41) is 2.75. The van der Waals surface area contributed by atoms with Crippen molar-refractivity contribution in [1.29, 1.82) is 0 Å². The van der Waals surface area contributed by atoms with E-state index >= 15 is 0 Å². The second kappa shape index (κ2) is 10.3. The number of sulfonamides is 1. The number of thioether (sulfide) groups is 2. The molecule has 3 rings (SSSR count). The molecule has 0 unspecified atom stereocenters. The first kappa shape index (κ1) is 21.9. The molecule has 0 aliphatic carbocycles. The molecule has 0 aromatic heterocycles. The average Bonchev–Trinajstić information content (AvgIpc) is 2.71. The van der Waals surface area contributed by atoms with Gasteiger partial charge >= 0.3 is 0 Å². The van der Waals surface area contributed by atoms with Crippen LogP contribution in [0.2, 0.25) is 0 Å². The SMILES string of the molecule is CS(=O)(=O)Nc1ccccc1CNC(=O)COc1ccc(C2SCCCS2)cc1. The molecule has 0 radical (unpaired) electrons. The first-order valence-corrected chi connectivity index (χ1v) is 13.2. The Morgan fingerprint density at radius 3 is 2.48 bits per heavy atom. The molecule has 0 spiro atoms. The lowest BCUT2D eigenvalue weighted by atomic mass is 10.2. The first-order chi connectivity index (χ1) is 13.9. The van der Waals surface area contributed by atoms with Crippen LogP contribution in [0, 0.1) is 0 Å². The zero-order valence-electron chi connectivity index (χ0n) is 16.1. The van der Waals surface area contributed by atoms with E-state index in [9.17, 15) is 13.2 Å². The van der Waals surface area contributed by atoms with E-state index in [0.29, 0.717) is 21.6 Å². The third-order valence-electron chi connectivity index (χ3n) is 4.14. The highest BCUT2D eigenvalue weighted by molar-refractivity contribution is 8.16. The molecule has 0 saturated carbocycles. The minimum absolute atomic E-state index is 0.103. The van der Waals surface area contributed by atoms with Crippen LogP contribution in [-0.2, 0) is 21.4 Å². The maximum absolute atomic E-state index is 12.1. The van der Waals surface area contributed by atoms with Crippen molar-refractivity contribution in [3.8, 4) is 5.75 Å². The van der Waals surface area contributed by atoms with E-state index in [1.807, 2.05) is 35.7 Å². The Bertz CT molecular complexity index is 927. The molecule has 6 nitrogen and oxygen atoms in total. The third-order valence-corrected chi connectivity index (χ3v) is 7.74. The molecule has 29 heavy (non-hydrogen) atoms. The summed E-state index contributed by atoms with van der Waals surface area (Å²) in [6.07, 6.45) is 2.35. The molecular formula is C20H24N2O4S3. The van der Waals surface area contributed by atoms with Crippen LogP contribution in [0.3, 0.4) is 0 Å². The lowest BCUT2D eigenvalue weighted by Crippen LogP contribution is -2.28. The summed E-state index contributed by atoms with van der Waals surface area (Å²) in [7, 11) is -3.39. The number of ether oxygens (including phenoxy) is 1. The standard InChI is InChI=1S/C20H24N2O4S3/c1-29(24,25)22-18-6-3-2-5-16(18)13-21-19(23)14-26-17-9-7-15(8-10-17)20-27-11-4-12-28-20/h2-3,5-10,20,22H,4,11-14H2,1H3,(H,21,23). The van der Waals surface area contributed by atoms with Gasteiger partial charge < -0.3 is 10.1 Å². The third kappa shape index (κ3) is 7.17. The number of nitrogens with one attached hydrogen (secondary N) is 2. The van der Waals surface area contributed by atoms with Gasteiger partial charge in [-0.1, -0.05) is 30.3 Å². The highest BCUT2D eigenvalue weighted by atomic mass is 32.2. The van der Waals surface area contributed by atoms with Crippen LogP contribution < -0.4 is 14.8 Å². The fourth-order valence-corrected chi connectivity index (χ4v) is 6.26. The van der Waals surface area contributed by atoms with Crippen molar-refractivity contribution >= 4 is 45.1 Å². The Labute approximate surface area is 180 Å². The minimum atomic E-state index is -3.39. The molecule has 1 fully saturated rings. The van der Waals surface area contributed by atoms with E-state index in [2.05, 4.69) is 22.2 Å². The fraction of sp³-hybridized carbons (Fsp3) is 0.350. The van der Waals surface area contributed by atoms with Gasteiger partial charge in [-0.25, -0.2) is 8.42 Å². The Morgan fingerprint density at radius 1 is 1.10 bits per heavy atom. The number of benzene rings is 2. The van der Waals surface area contributed by atoms with Crippen LogP contribution in [0.25, 0.3) is 0 Å². The largest absolute Gasteiger partial charge is 0.484 e. The van der Waals surface area contributed by atoms with E-state index in [1.165, 1.54) is 23.5 Å². The minimum Gasteiger partial charge on any atom is -0.484 e. The van der Waals surface area contributed by atoms with Crippen molar-refractivity contribution in [2.45, 2.75) is 17.5 Å². The maximum atomic E-state index is 12.1. The molecule has 2 aromatic carbocycles. The number of amides is 1. The predicted molar refractivity (Wildman–Crippen MR) is 121 cm³/mol. The topological polar surface area (TPSA) is 84.5 Å². The summed E-state index contributed by atoms with van der Waals surface area (Å²) in [5.74, 6) is 2.76.